The van der Waals surface area contributed by atoms with Crippen LogP contribution < -0.4 is 0 Å². The standard InChI is InChI=1S/C19H12Cl2F2N4O2/c20-12-4-5-14(15(21)6-12)18(28)8-27(19(29)9-26-11-24-10-25-26)17-3-1-2-13(22)7-16(17)23/h2,4-7,10-11,17H,8-9H2. The molecule has 29 heavy (non-hydrogen) atoms. The molecule has 0 spiro atoms. The number of Topliss-reactive ketones (excluding diaryl/α,β-unsaturated/α-hetero) is 1. The van der Waals surface area contributed by atoms with Crippen LogP contribution in [-0.4, -0.2) is 43.9 Å². The Morgan fingerprint density at radius 1 is 1.28 bits per heavy atom. The monoisotopic (exact) mass is 436 g/mol. The van der Waals surface area contributed by atoms with Crippen molar-refractivity contribution in [2.45, 2.75) is 12.6 Å². The van der Waals surface area contributed by atoms with Crippen LogP contribution in [0.25, 0.3) is 0 Å². The Hall–Kier alpha value is -3.02. The van der Waals surface area contributed by atoms with Gasteiger partial charge in [-0.1, -0.05) is 35.0 Å². The van der Waals surface area contributed by atoms with Crippen LogP contribution in [0.3, 0.4) is 0 Å². The van der Waals surface area contributed by atoms with Crippen LogP contribution in [0.1, 0.15) is 10.4 Å². The summed E-state index contributed by atoms with van der Waals surface area (Å²) in [5, 5.41) is 4.23. The second-order valence-electron chi connectivity index (χ2n) is 5.91. The number of benzene rings is 1. The summed E-state index contributed by atoms with van der Waals surface area (Å²) in [5.41, 5.74) is 0.102. The maximum atomic E-state index is 14.5. The predicted octanol–water partition coefficient (Wildman–Crippen LogP) is 3.39. The van der Waals surface area contributed by atoms with Crippen molar-refractivity contribution < 1.29 is 18.4 Å². The normalized spacial score (nSPS) is 15.5. The van der Waals surface area contributed by atoms with Crippen LogP contribution in [0.5, 0.6) is 0 Å². The smallest absolute Gasteiger partial charge is 0.246 e. The molecule has 0 fully saturated rings. The largest absolute Gasteiger partial charge is 0.313 e. The first-order valence-corrected chi connectivity index (χ1v) is 8.94. The van der Waals surface area contributed by atoms with Gasteiger partial charge in [-0.05, 0) is 18.2 Å². The van der Waals surface area contributed by atoms with Crippen molar-refractivity contribution in [3.8, 4) is 11.8 Å². The lowest BCUT2D eigenvalue weighted by atomic mass is 10.1. The molecule has 0 saturated heterocycles. The molecule has 1 atom stereocenters. The van der Waals surface area contributed by atoms with Crippen molar-refractivity contribution in [1.29, 1.82) is 0 Å². The Bertz CT molecular complexity index is 1070. The van der Waals surface area contributed by atoms with Gasteiger partial charge in [0.2, 0.25) is 5.91 Å². The molecule has 1 aromatic carbocycles. The number of aromatic nitrogens is 3. The van der Waals surface area contributed by atoms with Gasteiger partial charge in [0.15, 0.2) is 5.78 Å². The van der Waals surface area contributed by atoms with Gasteiger partial charge < -0.3 is 4.90 Å². The van der Waals surface area contributed by atoms with Gasteiger partial charge in [-0.15, -0.1) is 0 Å². The molecule has 1 aliphatic carbocycles. The van der Waals surface area contributed by atoms with E-state index in [2.05, 4.69) is 21.9 Å². The minimum atomic E-state index is -1.45. The first-order valence-electron chi connectivity index (χ1n) is 8.19. The number of allylic oxidation sites excluding steroid dienone is 3. The number of halogens is 4. The Balaban J connectivity index is 1.91. The number of amides is 1. The molecule has 3 rings (SSSR count). The Morgan fingerprint density at radius 3 is 2.76 bits per heavy atom. The highest BCUT2D eigenvalue weighted by molar-refractivity contribution is 6.36. The van der Waals surface area contributed by atoms with E-state index in [1.807, 2.05) is 0 Å². The van der Waals surface area contributed by atoms with Gasteiger partial charge in [-0.25, -0.2) is 18.4 Å². The second-order valence-corrected chi connectivity index (χ2v) is 6.76. The second kappa shape index (κ2) is 8.99. The van der Waals surface area contributed by atoms with Gasteiger partial charge in [0.1, 0.15) is 36.9 Å². The molecule has 1 amide bonds. The van der Waals surface area contributed by atoms with Gasteiger partial charge in [0, 0.05) is 22.7 Å². The lowest BCUT2D eigenvalue weighted by Gasteiger charge is -2.27. The van der Waals surface area contributed by atoms with Crippen LogP contribution in [0.4, 0.5) is 8.78 Å². The number of rotatable bonds is 6. The number of carbonyl (C=O) groups is 2. The predicted molar refractivity (Wildman–Crippen MR) is 102 cm³/mol. The van der Waals surface area contributed by atoms with Crippen LogP contribution in [0.2, 0.25) is 10.0 Å². The van der Waals surface area contributed by atoms with Crippen LogP contribution in [0.15, 0.2) is 54.7 Å². The summed E-state index contributed by atoms with van der Waals surface area (Å²) >= 11 is 11.9. The third-order valence-corrected chi connectivity index (χ3v) is 4.46. The first-order chi connectivity index (χ1) is 13.8. The molecule has 1 aromatic heterocycles. The maximum Gasteiger partial charge on any atom is 0.246 e. The van der Waals surface area contributed by atoms with Crippen molar-refractivity contribution >= 4 is 34.9 Å². The molecular weight excluding hydrogens is 425 g/mol. The molecule has 6 nitrogen and oxygen atoms in total. The summed E-state index contributed by atoms with van der Waals surface area (Å²) in [4.78, 5) is 30.2. The third kappa shape index (κ3) is 5.08. The zero-order valence-electron chi connectivity index (χ0n) is 14.7. The van der Waals surface area contributed by atoms with Crippen LogP contribution in [0, 0.1) is 11.8 Å². The molecule has 148 valence electrons. The number of hydrogen-bond acceptors (Lipinski definition) is 4. The molecule has 0 saturated carbocycles. The highest BCUT2D eigenvalue weighted by Crippen LogP contribution is 2.23. The lowest BCUT2D eigenvalue weighted by molar-refractivity contribution is -0.132. The molecule has 2 aromatic rings. The van der Waals surface area contributed by atoms with Gasteiger partial charge in [-0.2, -0.15) is 5.10 Å². The van der Waals surface area contributed by atoms with E-state index in [9.17, 15) is 18.4 Å². The minimum absolute atomic E-state index is 0.0850. The molecule has 0 bridgehead atoms. The van der Waals surface area contributed by atoms with Gasteiger partial charge in [-0.3, -0.25) is 9.59 Å². The summed E-state index contributed by atoms with van der Waals surface area (Å²) in [6.07, 6.45) is 3.99. The molecule has 1 unspecified atom stereocenters. The highest BCUT2D eigenvalue weighted by atomic mass is 35.5. The van der Waals surface area contributed by atoms with Gasteiger partial charge >= 0.3 is 0 Å². The SMILES string of the molecule is O=C(CN(C(=O)Cn1cncn1)C1C#CC=C(F)C=C1F)c1ccc(Cl)cc1Cl. The topological polar surface area (TPSA) is 68.1 Å². The summed E-state index contributed by atoms with van der Waals surface area (Å²) in [6, 6.07) is 2.79. The molecule has 0 radical (unpaired) electrons. The number of hydrogen-bond donors (Lipinski definition) is 0. The summed E-state index contributed by atoms with van der Waals surface area (Å²) in [7, 11) is 0. The van der Waals surface area contributed by atoms with Gasteiger partial charge in [0.25, 0.3) is 0 Å². The van der Waals surface area contributed by atoms with Crippen molar-refractivity contribution in [3.05, 3.63) is 70.3 Å². The minimum Gasteiger partial charge on any atom is -0.313 e. The molecule has 0 aliphatic heterocycles. The zero-order valence-corrected chi connectivity index (χ0v) is 16.2. The Morgan fingerprint density at radius 2 is 2.07 bits per heavy atom. The van der Waals surface area contributed by atoms with Crippen molar-refractivity contribution in [3.63, 3.8) is 0 Å². The van der Waals surface area contributed by atoms with Crippen molar-refractivity contribution in [2.75, 3.05) is 6.54 Å². The molecule has 0 N–H and O–H groups in total. The molecule has 1 heterocycles. The van der Waals surface area contributed by atoms with Crippen molar-refractivity contribution in [1.82, 2.24) is 19.7 Å². The van der Waals surface area contributed by atoms with Crippen molar-refractivity contribution in [2.24, 2.45) is 0 Å². The average Bonchev–Trinajstić information content (AvgIpc) is 3.10. The van der Waals surface area contributed by atoms with Crippen LogP contribution in [-0.2, 0) is 11.3 Å². The van der Waals surface area contributed by atoms with E-state index < -0.39 is 35.9 Å². The highest BCUT2D eigenvalue weighted by Gasteiger charge is 2.30. The maximum absolute atomic E-state index is 14.5. The van der Waals surface area contributed by atoms with E-state index in [4.69, 9.17) is 23.2 Å². The van der Waals surface area contributed by atoms with E-state index in [0.29, 0.717) is 11.1 Å². The number of nitrogens with zero attached hydrogens (tertiary/aromatic N) is 4. The molecule has 1 aliphatic rings. The van der Waals surface area contributed by atoms with Crippen LogP contribution >= 0.6 is 23.2 Å². The zero-order chi connectivity index (χ0) is 21.0. The van der Waals surface area contributed by atoms with E-state index >= 15 is 0 Å². The molecular formula is C19H12Cl2F2N4O2. The molecule has 10 heteroatoms. The fourth-order valence-corrected chi connectivity index (χ4v) is 3.07. The summed E-state index contributed by atoms with van der Waals surface area (Å²) in [5.74, 6) is 1.65. The summed E-state index contributed by atoms with van der Waals surface area (Å²) < 4.78 is 29.2. The fourth-order valence-electron chi connectivity index (χ4n) is 2.56. The van der Waals surface area contributed by atoms with E-state index in [1.54, 1.807) is 0 Å². The Labute approximate surface area is 174 Å². The average molecular weight is 437 g/mol. The third-order valence-electron chi connectivity index (χ3n) is 3.91. The Kier molecular flexibility index (Phi) is 6.42. The van der Waals surface area contributed by atoms with E-state index in [-0.39, 0.29) is 17.1 Å². The number of carbonyl (C=O) groups excluding carboxylic acids is 2. The lowest BCUT2D eigenvalue weighted by Crippen LogP contribution is -2.45. The van der Waals surface area contributed by atoms with Gasteiger partial charge in [0.05, 0.1) is 11.6 Å². The first kappa shape index (κ1) is 20.7. The fraction of sp³-hybridized carbons (Fsp3) is 0.158. The van der Waals surface area contributed by atoms with E-state index in [0.717, 1.165) is 11.0 Å². The van der Waals surface area contributed by atoms with E-state index in [1.165, 1.54) is 35.5 Å². The quantitative estimate of drug-likeness (QED) is 0.514. The summed E-state index contributed by atoms with van der Waals surface area (Å²) in [6.45, 7) is -0.861. The number of ketones is 1.